The van der Waals surface area contributed by atoms with Crippen LogP contribution >= 0.6 is 0 Å². The van der Waals surface area contributed by atoms with E-state index in [0.717, 1.165) is 23.9 Å². The molecule has 5 nitrogen and oxygen atoms in total. The van der Waals surface area contributed by atoms with Gasteiger partial charge in [0.05, 0.1) is 11.3 Å². The van der Waals surface area contributed by atoms with Crippen molar-refractivity contribution in [3.63, 3.8) is 0 Å². The molecular formula is C15H16F3N3O2. The van der Waals surface area contributed by atoms with E-state index in [9.17, 15) is 18.0 Å². The Labute approximate surface area is 130 Å². The fourth-order valence-electron chi connectivity index (χ4n) is 2.44. The molecule has 0 aromatic carbocycles. The first kappa shape index (κ1) is 17.0. The highest BCUT2D eigenvalue weighted by molar-refractivity contribution is 5.90. The number of amides is 1. The Kier molecular flexibility index (Phi) is 4.72. The van der Waals surface area contributed by atoms with E-state index in [1.807, 2.05) is 6.92 Å². The molecule has 124 valence electrons. The number of pyridine rings is 1. The largest absolute Gasteiger partial charge is 0.416 e. The summed E-state index contributed by atoms with van der Waals surface area (Å²) in [6.45, 7) is 5.35. The average Bonchev–Trinajstić information content (AvgIpc) is 2.77. The molecule has 1 N–H and O–H groups in total. The van der Waals surface area contributed by atoms with Gasteiger partial charge in [0.15, 0.2) is 0 Å². The molecule has 1 amide bonds. The lowest BCUT2D eigenvalue weighted by Crippen LogP contribution is -2.16. The molecule has 23 heavy (non-hydrogen) atoms. The molecule has 2 rings (SSSR count). The van der Waals surface area contributed by atoms with Gasteiger partial charge < -0.3 is 9.84 Å². The summed E-state index contributed by atoms with van der Waals surface area (Å²) in [7, 11) is 0. The highest BCUT2D eigenvalue weighted by atomic mass is 19.4. The molecule has 0 radical (unpaired) electrons. The number of rotatable bonds is 4. The van der Waals surface area contributed by atoms with E-state index in [4.69, 9.17) is 4.52 Å². The van der Waals surface area contributed by atoms with Crippen molar-refractivity contribution in [2.45, 2.75) is 39.3 Å². The van der Waals surface area contributed by atoms with Gasteiger partial charge in [-0.1, -0.05) is 12.1 Å². The van der Waals surface area contributed by atoms with Crippen molar-refractivity contribution in [3.8, 4) is 0 Å². The minimum atomic E-state index is -4.48. The van der Waals surface area contributed by atoms with Crippen LogP contribution in [0, 0.1) is 13.8 Å². The maximum atomic E-state index is 12.6. The number of carbonyl (C=O) groups is 1. The number of hydrogen-bond acceptors (Lipinski definition) is 4. The third kappa shape index (κ3) is 4.08. The van der Waals surface area contributed by atoms with Crippen LogP contribution in [0.25, 0.3) is 0 Å². The zero-order chi connectivity index (χ0) is 17.2. The second kappa shape index (κ2) is 6.39. The van der Waals surface area contributed by atoms with Crippen LogP contribution in [0.3, 0.4) is 0 Å². The second-order valence-corrected chi connectivity index (χ2v) is 5.32. The van der Waals surface area contributed by atoms with Gasteiger partial charge in [-0.05, 0) is 31.9 Å². The van der Waals surface area contributed by atoms with Crippen LogP contribution < -0.4 is 5.32 Å². The summed E-state index contributed by atoms with van der Waals surface area (Å²) in [5, 5.41) is 6.21. The van der Waals surface area contributed by atoms with Crippen LogP contribution in [0.2, 0.25) is 0 Å². The van der Waals surface area contributed by atoms with Crippen molar-refractivity contribution >= 4 is 11.7 Å². The summed E-state index contributed by atoms with van der Waals surface area (Å²) in [4.78, 5) is 15.8. The van der Waals surface area contributed by atoms with Gasteiger partial charge >= 0.3 is 6.18 Å². The van der Waals surface area contributed by atoms with Crippen LogP contribution in [0.4, 0.5) is 19.0 Å². The van der Waals surface area contributed by atoms with Gasteiger partial charge in [0.25, 0.3) is 0 Å². The second-order valence-electron chi connectivity index (χ2n) is 5.32. The Morgan fingerprint density at radius 1 is 1.39 bits per heavy atom. The molecule has 0 saturated carbocycles. The standard InChI is InChI=1S/C15H16F3N3O2/c1-8(14-9(2)21-23-10(14)3)6-13(22)20-12-7-11(4-5-19-12)15(16,17)18/h4-5,7-8H,6H2,1-3H3,(H,19,20,22)/t8-/m0/s1. The summed E-state index contributed by atoms with van der Waals surface area (Å²) in [5.74, 6) is -0.104. The van der Waals surface area contributed by atoms with Crippen molar-refractivity contribution in [2.75, 3.05) is 5.32 Å². The molecule has 0 fully saturated rings. The normalized spacial score (nSPS) is 13.0. The van der Waals surface area contributed by atoms with Crippen LogP contribution in [-0.2, 0) is 11.0 Å². The highest BCUT2D eigenvalue weighted by Crippen LogP contribution is 2.30. The van der Waals surface area contributed by atoms with Crippen molar-refractivity contribution in [1.29, 1.82) is 0 Å². The molecule has 8 heteroatoms. The van der Waals surface area contributed by atoms with Crippen LogP contribution in [0.5, 0.6) is 0 Å². The topological polar surface area (TPSA) is 68.0 Å². The molecule has 0 bridgehead atoms. The number of nitrogens with zero attached hydrogens (tertiary/aromatic N) is 2. The minimum absolute atomic E-state index is 0.0841. The Bertz CT molecular complexity index is 691. The third-order valence-corrected chi connectivity index (χ3v) is 3.43. The zero-order valence-corrected chi connectivity index (χ0v) is 12.9. The number of hydrogen-bond donors (Lipinski definition) is 1. The van der Waals surface area contributed by atoms with E-state index in [-0.39, 0.29) is 18.2 Å². The number of anilines is 1. The first-order valence-electron chi connectivity index (χ1n) is 6.94. The average molecular weight is 327 g/mol. The number of aryl methyl sites for hydroxylation is 2. The first-order valence-corrected chi connectivity index (χ1v) is 6.94. The molecule has 0 saturated heterocycles. The van der Waals surface area contributed by atoms with Gasteiger partial charge in [-0.3, -0.25) is 4.79 Å². The van der Waals surface area contributed by atoms with Gasteiger partial charge in [-0.15, -0.1) is 0 Å². The summed E-state index contributed by atoms with van der Waals surface area (Å²) in [6, 6.07) is 1.65. The summed E-state index contributed by atoms with van der Waals surface area (Å²) in [6.07, 6.45) is -3.39. The van der Waals surface area contributed by atoms with Crippen molar-refractivity contribution in [2.24, 2.45) is 0 Å². The van der Waals surface area contributed by atoms with E-state index < -0.39 is 17.6 Å². The quantitative estimate of drug-likeness (QED) is 0.926. The van der Waals surface area contributed by atoms with Crippen LogP contribution in [-0.4, -0.2) is 16.0 Å². The lowest BCUT2D eigenvalue weighted by Gasteiger charge is -2.12. The van der Waals surface area contributed by atoms with Gasteiger partial charge in [-0.25, -0.2) is 4.98 Å². The number of carbonyl (C=O) groups excluding carboxylic acids is 1. The molecule has 1 atom stereocenters. The molecule has 0 spiro atoms. The lowest BCUT2D eigenvalue weighted by atomic mass is 9.96. The first-order chi connectivity index (χ1) is 10.7. The molecule has 0 aliphatic heterocycles. The molecule has 2 heterocycles. The molecule has 0 aliphatic carbocycles. The van der Waals surface area contributed by atoms with E-state index in [1.54, 1.807) is 13.8 Å². The van der Waals surface area contributed by atoms with Crippen LogP contribution in [0.1, 0.15) is 41.8 Å². The number of halogens is 3. The maximum Gasteiger partial charge on any atom is 0.416 e. The Balaban J connectivity index is 2.05. The van der Waals surface area contributed by atoms with E-state index in [2.05, 4.69) is 15.5 Å². The third-order valence-electron chi connectivity index (χ3n) is 3.43. The number of aromatic nitrogens is 2. The summed E-state index contributed by atoms with van der Waals surface area (Å²) >= 11 is 0. The van der Waals surface area contributed by atoms with Gasteiger partial charge in [-0.2, -0.15) is 13.2 Å². The zero-order valence-electron chi connectivity index (χ0n) is 12.9. The van der Waals surface area contributed by atoms with E-state index in [0.29, 0.717) is 11.5 Å². The monoisotopic (exact) mass is 327 g/mol. The summed E-state index contributed by atoms with van der Waals surface area (Å²) in [5.41, 5.74) is 0.665. The molecule has 0 unspecified atom stereocenters. The Hall–Kier alpha value is -2.38. The predicted molar refractivity (Wildman–Crippen MR) is 76.9 cm³/mol. The Morgan fingerprint density at radius 3 is 2.65 bits per heavy atom. The van der Waals surface area contributed by atoms with Gasteiger partial charge in [0.1, 0.15) is 11.6 Å². The molecule has 2 aromatic rings. The van der Waals surface area contributed by atoms with Crippen molar-refractivity contribution in [1.82, 2.24) is 10.1 Å². The highest BCUT2D eigenvalue weighted by Gasteiger charge is 2.31. The molecule has 0 aliphatic rings. The molecular weight excluding hydrogens is 311 g/mol. The maximum absolute atomic E-state index is 12.6. The smallest absolute Gasteiger partial charge is 0.361 e. The van der Waals surface area contributed by atoms with Crippen molar-refractivity contribution < 1.29 is 22.5 Å². The minimum Gasteiger partial charge on any atom is -0.361 e. The van der Waals surface area contributed by atoms with Crippen molar-refractivity contribution in [3.05, 3.63) is 40.9 Å². The van der Waals surface area contributed by atoms with E-state index >= 15 is 0 Å². The van der Waals surface area contributed by atoms with Crippen LogP contribution in [0.15, 0.2) is 22.9 Å². The number of alkyl halides is 3. The SMILES string of the molecule is Cc1noc(C)c1[C@@H](C)CC(=O)Nc1cc(C(F)(F)F)ccn1. The van der Waals surface area contributed by atoms with Gasteiger partial charge in [0, 0.05) is 18.2 Å². The Morgan fingerprint density at radius 2 is 2.09 bits per heavy atom. The lowest BCUT2D eigenvalue weighted by molar-refractivity contribution is -0.137. The fraction of sp³-hybridized carbons (Fsp3) is 0.400. The summed E-state index contributed by atoms with van der Waals surface area (Å²) < 4.78 is 42.9. The molecule has 2 aromatic heterocycles. The number of nitrogens with one attached hydrogen (secondary N) is 1. The fourth-order valence-corrected chi connectivity index (χ4v) is 2.44. The van der Waals surface area contributed by atoms with Gasteiger partial charge in [0.2, 0.25) is 5.91 Å². The predicted octanol–water partition coefficient (Wildman–Crippen LogP) is 3.84. The van der Waals surface area contributed by atoms with E-state index in [1.165, 1.54) is 0 Å².